The van der Waals surface area contributed by atoms with E-state index in [0.717, 1.165) is 12.3 Å². The molecule has 1 aromatic rings. The van der Waals surface area contributed by atoms with E-state index in [2.05, 4.69) is 4.72 Å². The van der Waals surface area contributed by atoms with E-state index in [1.54, 1.807) is 6.92 Å². The third kappa shape index (κ3) is 6.40. The molecule has 1 aromatic carbocycles. The van der Waals surface area contributed by atoms with Crippen molar-refractivity contribution in [1.82, 2.24) is 4.72 Å². The molecule has 158 valence electrons. The van der Waals surface area contributed by atoms with Crippen molar-refractivity contribution in [1.29, 1.82) is 0 Å². The molecule has 9 nitrogen and oxygen atoms in total. The molecule has 3 N–H and O–H groups in total. The minimum Gasteiger partial charge on any atom is -0.508 e. The molecule has 1 aliphatic rings. The maximum Gasteiger partial charge on any atom is 0.342 e. The van der Waals surface area contributed by atoms with Crippen LogP contribution in [0.4, 0.5) is 0 Å². The normalized spacial score (nSPS) is 21.9. The number of ketones is 2. The van der Waals surface area contributed by atoms with Gasteiger partial charge in [-0.05, 0) is 24.0 Å². The molecular formula is C19H23NO8S. The molecule has 1 unspecified atom stereocenters. The second-order valence-electron chi connectivity index (χ2n) is 7.03. The van der Waals surface area contributed by atoms with E-state index in [0.29, 0.717) is 6.42 Å². The van der Waals surface area contributed by atoms with Crippen molar-refractivity contribution in [2.24, 2.45) is 5.92 Å². The monoisotopic (exact) mass is 425 g/mol. The second-order valence-corrected chi connectivity index (χ2v) is 8.81. The van der Waals surface area contributed by atoms with Crippen LogP contribution in [0.1, 0.15) is 42.1 Å². The lowest BCUT2D eigenvalue weighted by atomic mass is 9.95. The summed E-state index contributed by atoms with van der Waals surface area (Å²) in [5, 5.41) is 19.7. The summed E-state index contributed by atoms with van der Waals surface area (Å²) in [7, 11) is -3.80. The minimum absolute atomic E-state index is 0.0468. The van der Waals surface area contributed by atoms with Crippen molar-refractivity contribution >= 4 is 33.6 Å². The number of fused-ring (bicyclic) bond motifs is 1. The smallest absolute Gasteiger partial charge is 0.342 e. The van der Waals surface area contributed by atoms with Crippen LogP contribution in [0.5, 0.6) is 11.5 Å². The Balaban J connectivity index is 2.43. The topological polar surface area (TPSA) is 147 Å². The predicted molar refractivity (Wildman–Crippen MR) is 104 cm³/mol. The molecule has 0 aliphatic carbocycles. The van der Waals surface area contributed by atoms with Crippen LogP contribution in [0.25, 0.3) is 6.08 Å². The van der Waals surface area contributed by atoms with Gasteiger partial charge in [-0.1, -0.05) is 19.1 Å². The third-order valence-electron chi connectivity index (χ3n) is 4.32. The first-order valence-electron chi connectivity index (χ1n) is 8.90. The number of rotatable bonds is 2. The Kier molecular flexibility index (Phi) is 7.15. The SMILES string of the molecule is CC1CCOC(=O)c2c(O)cc(O)cc2C=CCC(=O)[C@H](NS(C)(=O)=O)C(=O)C1. The van der Waals surface area contributed by atoms with Crippen LogP contribution in [0.15, 0.2) is 18.2 Å². The third-order valence-corrected chi connectivity index (χ3v) is 4.99. The number of cyclic esters (lactones) is 1. The molecule has 0 saturated heterocycles. The molecular weight excluding hydrogens is 402 g/mol. The number of carbonyl (C=O) groups is 3. The van der Waals surface area contributed by atoms with Crippen molar-refractivity contribution in [3.8, 4) is 11.5 Å². The lowest BCUT2D eigenvalue weighted by molar-refractivity contribution is -0.129. The van der Waals surface area contributed by atoms with Crippen molar-refractivity contribution in [3.63, 3.8) is 0 Å². The highest BCUT2D eigenvalue weighted by Crippen LogP contribution is 2.29. The number of ether oxygens (including phenoxy) is 1. The first kappa shape index (κ1) is 22.6. The molecule has 0 saturated carbocycles. The zero-order valence-corrected chi connectivity index (χ0v) is 16.9. The van der Waals surface area contributed by atoms with Crippen molar-refractivity contribution in [2.45, 2.75) is 32.2 Å². The van der Waals surface area contributed by atoms with E-state index in [9.17, 15) is 33.0 Å². The largest absolute Gasteiger partial charge is 0.508 e. The van der Waals surface area contributed by atoms with Crippen LogP contribution in [0.3, 0.4) is 0 Å². The molecule has 1 aliphatic heterocycles. The zero-order valence-electron chi connectivity index (χ0n) is 16.0. The minimum atomic E-state index is -3.80. The number of hydrogen-bond acceptors (Lipinski definition) is 8. The average Bonchev–Trinajstić information content (AvgIpc) is 2.57. The molecule has 0 fully saturated rings. The van der Waals surface area contributed by atoms with Gasteiger partial charge in [0.25, 0.3) is 0 Å². The van der Waals surface area contributed by atoms with E-state index in [-0.39, 0.29) is 42.2 Å². The molecule has 1 heterocycles. The lowest BCUT2D eigenvalue weighted by Gasteiger charge is -2.18. The first-order chi connectivity index (χ1) is 13.5. The van der Waals surface area contributed by atoms with E-state index in [1.807, 2.05) is 0 Å². The van der Waals surface area contributed by atoms with Gasteiger partial charge in [-0.15, -0.1) is 0 Å². The van der Waals surface area contributed by atoms with Crippen LogP contribution in [0.2, 0.25) is 0 Å². The fourth-order valence-electron chi connectivity index (χ4n) is 2.92. The van der Waals surface area contributed by atoms with Gasteiger partial charge < -0.3 is 14.9 Å². The molecule has 29 heavy (non-hydrogen) atoms. The van der Waals surface area contributed by atoms with E-state index in [4.69, 9.17) is 4.74 Å². The van der Waals surface area contributed by atoms with Crippen LogP contribution < -0.4 is 4.72 Å². The second kappa shape index (κ2) is 9.19. The van der Waals surface area contributed by atoms with Crippen LogP contribution in [-0.4, -0.2) is 55.1 Å². The molecule has 0 radical (unpaired) electrons. The van der Waals surface area contributed by atoms with Crippen LogP contribution in [0, 0.1) is 5.92 Å². The Morgan fingerprint density at radius 1 is 1.14 bits per heavy atom. The molecule has 0 spiro atoms. The number of benzene rings is 1. The molecule has 0 amide bonds. The number of carbonyl (C=O) groups excluding carboxylic acids is 3. The van der Waals surface area contributed by atoms with Gasteiger partial charge >= 0.3 is 5.97 Å². The van der Waals surface area contributed by atoms with Gasteiger partial charge in [0.2, 0.25) is 10.0 Å². The van der Waals surface area contributed by atoms with Crippen LogP contribution >= 0.6 is 0 Å². The number of phenolic OH excluding ortho intramolecular Hbond substituents is 2. The van der Waals surface area contributed by atoms with Gasteiger partial charge in [0, 0.05) is 18.9 Å². The summed E-state index contributed by atoms with van der Waals surface area (Å²) < 4.78 is 30.4. The summed E-state index contributed by atoms with van der Waals surface area (Å²) in [5.74, 6) is -3.09. The van der Waals surface area contributed by atoms with Crippen molar-refractivity contribution < 1.29 is 37.8 Å². The fraction of sp³-hybridized carbons (Fsp3) is 0.421. The highest BCUT2D eigenvalue weighted by atomic mass is 32.2. The number of aromatic hydroxyl groups is 2. The molecule has 10 heteroatoms. The standard InChI is InChI=1S/C19H23NO8S/c1-11-6-7-28-19(25)17-12(9-13(21)10-15(17)23)4-3-5-14(22)18(16(24)8-11)20-29(2,26)27/h3-4,9-11,18,20-21,23H,5-8H2,1-2H3/t11?,18-/m0/s1. The number of Topliss-reactive ketones (excluding diaryl/α,β-unsaturated/α-hetero) is 2. The zero-order chi connectivity index (χ0) is 21.8. The van der Waals surface area contributed by atoms with E-state index in [1.165, 1.54) is 18.2 Å². The summed E-state index contributed by atoms with van der Waals surface area (Å²) in [6.07, 6.45) is 3.39. The molecule has 2 rings (SSSR count). The number of esters is 1. The Morgan fingerprint density at radius 3 is 2.48 bits per heavy atom. The molecule has 2 atom stereocenters. The summed E-state index contributed by atoms with van der Waals surface area (Å²) in [5.41, 5.74) is -0.0533. The van der Waals surface area contributed by atoms with E-state index >= 15 is 0 Å². The summed E-state index contributed by atoms with van der Waals surface area (Å²) in [6, 6.07) is 0.693. The summed E-state index contributed by atoms with van der Waals surface area (Å²) in [6.45, 7) is 1.66. The first-order valence-corrected chi connectivity index (χ1v) is 10.8. The lowest BCUT2D eigenvalue weighted by Crippen LogP contribution is -2.46. The number of phenols is 2. The van der Waals surface area contributed by atoms with Gasteiger partial charge in [0.15, 0.2) is 11.6 Å². The fourth-order valence-corrected chi connectivity index (χ4v) is 3.61. The molecule has 0 aromatic heterocycles. The Morgan fingerprint density at radius 2 is 1.83 bits per heavy atom. The van der Waals surface area contributed by atoms with Gasteiger partial charge in [-0.2, -0.15) is 4.72 Å². The number of hydrogen-bond donors (Lipinski definition) is 3. The van der Waals surface area contributed by atoms with Gasteiger partial charge in [0.05, 0.1) is 12.9 Å². The summed E-state index contributed by atoms with van der Waals surface area (Å²) >= 11 is 0. The maximum atomic E-state index is 12.5. The van der Waals surface area contributed by atoms with E-state index < -0.39 is 39.4 Å². The highest BCUT2D eigenvalue weighted by molar-refractivity contribution is 7.88. The highest BCUT2D eigenvalue weighted by Gasteiger charge is 2.29. The predicted octanol–water partition coefficient (Wildman–Crippen LogP) is 1.14. The maximum absolute atomic E-state index is 12.5. The quantitative estimate of drug-likeness (QED) is 0.472. The van der Waals surface area contributed by atoms with Crippen molar-refractivity contribution in [2.75, 3.05) is 12.9 Å². The number of nitrogens with one attached hydrogen (secondary N) is 1. The van der Waals surface area contributed by atoms with Crippen molar-refractivity contribution in [3.05, 3.63) is 29.3 Å². The Bertz CT molecular complexity index is 951. The van der Waals surface area contributed by atoms with Gasteiger partial charge in [-0.25, -0.2) is 13.2 Å². The average molecular weight is 425 g/mol. The van der Waals surface area contributed by atoms with Crippen LogP contribution in [-0.2, 0) is 24.3 Å². The summed E-state index contributed by atoms with van der Waals surface area (Å²) in [4.78, 5) is 37.3. The number of allylic oxidation sites excluding steroid dienone is 1. The Hall–Kier alpha value is -2.72. The Labute approximate surface area is 168 Å². The van der Waals surface area contributed by atoms with Gasteiger partial charge in [-0.3, -0.25) is 9.59 Å². The molecule has 0 bridgehead atoms. The van der Waals surface area contributed by atoms with Gasteiger partial charge in [0.1, 0.15) is 23.1 Å². The number of sulfonamides is 1.